The molecule has 2 rings (SSSR count). The molecular weight excluding hydrogens is 307 g/mol. The number of fused-ring (bicyclic) bond motifs is 1. The van der Waals surface area contributed by atoms with Crippen LogP contribution in [0.5, 0.6) is 0 Å². The molecule has 0 fully saturated rings. The summed E-state index contributed by atoms with van der Waals surface area (Å²) in [5.74, 6) is 0.468. The van der Waals surface area contributed by atoms with Crippen molar-refractivity contribution in [3.05, 3.63) is 23.5 Å². The minimum atomic E-state index is -0.0620. The van der Waals surface area contributed by atoms with Crippen LogP contribution in [0.4, 0.5) is 5.82 Å². The van der Waals surface area contributed by atoms with Crippen molar-refractivity contribution in [3.63, 3.8) is 0 Å². The van der Waals surface area contributed by atoms with E-state index in [0.717, 1.165) is 11.8 Å². The zero-order valence-corrected chi connectivity index (χ0v) is 11.2. The number of hydrogen-bond donors (Lipinski definition) is 1. The van der Waals surface area contributed by atoms with Crippen LogP contribution >= 0.6 is 27.5 Å². The fourth-order valence-electron chi connectivity index (χ4n) is 1.37. The second-order valence-electron chi connectivity index (χ2n) is 3.41. The molecule has 5 nitrogen and oxygen atoms in total. The third-order valence-corrected chi connectivity index (χ3v) is 2.90. The Morgan fingerprint density at radius 1 is 1.53 bits per heavy atom. The van der Waals surface area contributed by atoms with E-state index in [1.54, 1.807) is 18.3 Å². The van der Waals surface area contributed by atoms with Crippen molar-refractivity contribution in [1.29, 1.82) is 0 Å². The summed E-state index contributed by atoms with van der Waals surface area (Å²) in [6.45, 7) is 0. The molecule has 0 aliphatic rings. The van der Waals surface area contributed by atoms with Gasteiger partial charge in [-0.2, -0.15) is 9.61 Å². The second kappa shape index (κ2) is 5.46. The lowest BCUT2D eigenvalue weighted by Crippen LogP contribution is -2.13. The van der Waals surface area contributed by atoms with E-state index in [4.69, 9.17) is 11.6 Å². The third-order valence-electron chi connectivity index (χ3n) is 2.13. The first-order valence-corrected chi connectivity index (χ1v) is 6.57. The number of hydrogen-bond acceptors (Lipinski definition) is 3. The van der Waals surface area contributed by atoms with Crippen LogP contribution in [0.15, 0.2) is 18.3 Å². The maximum atomic E-state index is 11.6. The fourth-order valence-corrected chi connectivity index (χ4v) is 1.79. The summed E-state index contributed by atoms with van der Waals surface area (Å²) in [6.07, 6.45) is 2.81. The number of anilines is 1. The molecule has 0 radical (unpaired) electrons. The van der Waals surface area contributed by atoms with Crippen LogP contribution in [-0.2, 0) is 4.79 Å². The van der Waals surface area contributed by atoms with Crippen molar-refractivity contribution in [2.24, 2.45) is 0 Å². The summed E-state index contributed by atoms with van der Waals surface area (Å²) in [4.78, 5) is 15.7. The van der Waals surface area contributed by atoms with Crippen LogP contribution < -0.4 is 5.32 Å². The summed E-state index contributed by atoms with van der Waals surface area (Å²) in [7, 11) is 0. The van der Waals surface area contributed by atoms with Crippen molar-refractivity contribution in [3.8, 4) is 0 Å². The molecule has 0 bridgehead atoms. The summed E-state index contributed by atoms with van der Waals surface area (Å²) >= 11 is 9.07. The van der Waals surface area contributed by atoms with E-state index < -0.39 is 0 Å². The highest BCUT2D eigenvalue weighted by molar-refractivity contribution is 9.09. The van der Waals surface area contributed by atoms with E-state index in [1.807, 2.05) is 0 Å². The molecule has 1 amide bonds. The van der Waals surface area contributed by atoms with Crippen LogP contribution in [0, 0.1) is 0 Å². The lowest BCUT2D eigenvalue weighted by molar-refractivity contribution is -0.116. The molecule has 7 heteroatoms. The Kier molecular flexibility index (Phi) is 3.96. The topological polar surface area (TPSA) is 59.3 Å². The first-order chi connectivity index (χ1) is 8.20. The van der Waals surface area contributed by atoms with Gasteiger partial charge in [-0.05, 0) is 18.6 Å². The molecule has 0 saturated heterocycles. The van der Waals surface area contributed by atoms with Crippen molar-refractivity contribution in [2.45, 2.75) is 12.8 Å². The predicted octanol–water partition coefficient (Wildman–Crippen LogP) is 2.50. The van der Waals surface area contributed by atoms with Gasteiger partial charge in [-0.25, -0.2) is 4.98 Å². The molecule has 17 heavy (non-hydrogen) atoms. The summed E-state index contributed by atoms with van der Waals surface area (Å²) in [5.41, 5.74) is 0.644. The predicted molar refractivity (Wildman–Crippen MR) is 69.7 cm³/mol. The standard InChI is InChI=1S/C10H10BrClN4O/c11-5-1-2-10(17)14-9-6-13-8-4-3-7(12)15-16(8)9/h3-4,6H,1-2,5H2,(H,14,17). The molecule has 0 atom stereocenters. The van der Waals surface area contributed by atoms with Gasteiger partial charge >= 0.3 is 0 Å². The van der Waals surface area contributed by atoms with Crippen LogP contribution in [0.3, 0.4) is 0 Å². The van der Waals surface area contributed by atoms with Crippen molar-refractivity contribution < 1.29 is 4.79 Å². The van der Waals surface area contributed by atoms with Gasteiger partial charge in [-0.1, -0.05) is 27.5 Å². The molecule has 0 spiro atoms. The van der Waals surface area contributed by atoms with Gasteiger partial charge in [-0.3, -0.25) is 4.79 Å². The Morgan fingerprint density at radius 3 is 3.12 bits per heavy atom. The molecule has 90 valence electrons. The van der Waals surface area contributed by atoms with Gasteiger partial charge in [0.15, 0.2) is 11.5 Å². The normalized spacial score (nSPS) is 10.7. The van der Waals surface area contributed by atoms with Gasteiger partial charge in [0.05, 0.1) is 6.20 Å². The zero-order chi connectivity index (χ0) is 12.3. The Morgan fingerprint density at radius 2 is 2.35 bits per heavy atom. The first-order valence-electron chi connectivity index (χ1n) is 5.07. The monoisotopic (exact) mass is 316 g/mol. The smallest absolute Gasteiger partial charge is 0.225 e. The maximum absolute atomic E-state index is 11.6. The van der Waals surface area contributed by atoms with E-state index >= 15 is 0 Å². The number of carbonyl (C=O) groups is 1. The minimum Gasteiger partial charge on any atom is -0.309 e. The van der Waals surface area contributed by atoms with Crippen molar-refractivity contribution in [1.82, 2.24) is 14.6 Å². The minimum absolute atomic E-state index is 0.0620. The zero-order valence-electron chi connectivity index (χ0n) is 8.86. The number of nitrogens with one attached hydrogen (secondary N) is 1. The number of imidazole rings is 1. The van der Waals surface area contributed by atoms with Crippen LogP contribution in [-0.4, -0.2) is 25.8 Å². The molecule has 0 aliphatic heterocycles. The lowest BCUT2D eigenvalue weighted by atomic mass is 10.3. The molecule has 2 heterocycles. The second-order valence-corrected chi connectivity index (χ2v) is 4.59. The average molecular weight is 318 g/mol. The summed E-state index contributed by atoms with van der Waals surface area (Å²) in [5, 5.41) is 7.97. The van der Waals surface area contributed by atoms with Gasteiger partial charge < -0.3 is 5.32 Å². The highest BCUT2D eigenvalue weighted by atomic mass is 79.9. The number of halogens is 2. The maximum Gasteiger partial charge on any atom is 0.225 e. The van der Waals surface area contributed by atoms with Gasteiger partial charge in [-0.15, -0.1) is 0 Å². The van der Waals surface area contributed by atoms with Crippen LogP contribution in [0.1, 0.15) is 12.8 Å². The Balaban J connectivity index is 2.18. The van der Waals surface area contributed by atoms with E-state index in [9.17, 15) is 4.79 Å². The number of nitrogens with zero attached hydrogens (tertiary/aromatic N) is 3. The molecule has 2 aromatic heterocycles. The molecule has 0 unspecified atom stereocenters. The van der Waals surface area contributed by atoms with E-state index in [1.165, 1.54) is 4.52 Å². The number of amides is 1. The summed E-state index contributed by atoms with van der Waals surface area (Å²) in [6, 6.07) is 3.39. The molecular formula is C10H10BrClN4O. The molecule has 0 aromatic carbocycles. The largest absolute Gasteiger partial charge is 0.309 e. The van der Waals surface area contributed by atoms with Crippen molar-refractivity contribution in [2.75, 3.05) is 10.6 Å². The van der Waals surface area contributed by atoms with E-state index in [2.05, 4.69) is 31.3 Å². The SMILES string of the molecule is O=C(CCCBr)Nc1cnc2ccc(Cl)nn12. The lowest BCUT2D eigenvalue weighted by Gasteiger charge is -2.03. The number of rotatable bonds is 4. The molecule has 2 aromatic rings. The van der Waals surface area contributed by atoms with Crippen LogP contribution in [0.2, 0.25) is 5.15 Å². The van der Waals surface area contributed by atoms with Crippen LogP contribution in [0.25, 0.3) is 5.65 Å². The number of aromatic nitrogens is 3. The Labute approximate surface area is 111 Å². The highest BCUT2D eigenvalue weighted by Gasteiger charge is 2.08. The van der Waals surface area contributed by atoms with Gasteiger partial charge in [0.2, 0.25) is 5.91 Å². The molecule has 0 aliphatic carbocycles. The molecule has 1 N–H and O–H groups in total. The Bertz CT molecular complexity index is 542. The quantitative estimate of drug-likeness (QED) is 0.881. The highest BCUT2D eigenvalue weighted by Crippen LogP contribution is 2.13. The third kappa shape index (κ3) is 2.95. The summed E-state index contributed by atoms with van der Waals surface area (Å²) < 4.78 is 1.51. The number of carbonyl (C=O) groups excluding carboxylic acids is 1. The van der Waals surface area contributed by atoms with Gasteiger partial charge in [0, 0.05) is 11.8 Å². The van der Waals surface area contributed by atoms with Crippen molar-refractivity contribution >= 4 is 44.9 Å². The van der Waals surface area contributed by atoms with Gasteiger partial charge in [0.1, 0.15) is 5.15 Å². The van der Waals surface area contributed by atoms with E-state index in [0.29, 0.717) is 23.0 Å². The Hall–Kier alpha value is -1.14. The number of alkyl halides is 1. The van der Waals surface area contributed by atoms with Gasteiger partial charge in [0.25, 0.3) is 0 Å². The first kappa shape index (κ1) is 12.3. The van der Waals surface area contributed by atoms with E-state index in [-0.39, 0.29) is 5.91 Å². The average Bonchev–Trinajstić information content (AvgIpc) is 2.69. The molecule has 0 saturated carbocycles. The fraction of sp³-hybridized carbons (Fsp3) is 0.300.